The van der Waals surface area contributed by atoms with Crippen LogP contribution < -0.4 is 5.73 Å². The quantitative estimate of drug-likeness (QED) is 0.586. The largest absolute Gasteiger partial charge is 0.504 e. The molecule has 0 aliphatic rings. The Hall–Kier alpha value is -1.89. The van der Waals surface area contributed by atoms with Crippen molar-refractivity contribution in [2.45, 2.75) is 18.4 Å². The first-order chi connectivity index (χ1) is 7.77. The highest BCUT2D eigenvalue weighted by Gasteiger charge is 2.44. The van der Waals surface area contributed by atoms with Crippen LogP contribution in [0.15, 0.2) is 18.2 Å². The van der Waals surface area contributed by atoms with Crippen LogP contribution in [-0.2, 0) is 11.2 Å². The number of phenolic OH excluding ortho intramolecular Hbond substituents is 2. The molecule has 0 aliphatic carbocycles. The summed E-state index contributed by atoms with van der Waals surface area (Å²) in [5, 5.41) is 26.8. The minimum Gasteiger partial charge on any atom is -0.504 e. The minimum absolute atomic E-state index is 0.0884. The molecular formula is C10H11F2NO4. The number of benzene rings is 1. The molecule has 0 unspecified atom stereocenters. The first-order valence-corrected chi connectivity index (χ1v) is 4.58. The van der Waals surface area contributed by atoms with Crippen molar-refractivity contribution >= 4 is 5.97 Å². The third-order valence-corrected chi connectivity index (χ3v) is 2.32. The molecule has 1 aromatic carbocycles. The lowest BCUT2D eigenvalue weighted by Gasteiger charge is -2.23. The van der Waals surface area contributed by atoms with E-state index in [9.17, 15) is 13.6 Å². The van der Waals surface area contributed by atoms with Crippen molar-refractivity contribution in [3.63, 3.8) is 0 Å². The average molecular weight is 247 g/mol. The zero-order valence-corrected chi connectivity index (χ0v) is 8.60. The van der Waals surface area contributed by atoms with Crippen molar-refractivity contribution in [3.8, 4) is 11.5 Å². The summed E-state index contributed by atoms with van der Waals surface area (Å²) in [6.45, 7) is 0. The van der Waals surface area contributed by atoms with Crippen LogP contribution in [0.3, 0.4) is 0 Å². The number of carboxylic acids is 1. The second-order valence-electron chi connectivity index (χ2n) is 3.65. The molecule has 0 saturated carbocycles. The van der Waals surface area contributed by atoms with E-state index in [2.05, 4.69) is 0 Å². The Morgan fingerprint density at radius 3 is 2.35 bits per heavy atom. The van der Waals surface area contributed by atoms with Gasteiger partial charge >= 0.3 is 5.97 Å². The van der Waals surface area contributed by atoms with Gasteiger partial charge in [0.1, 0.15) is 0 Å². The molecule has 0 aliphatic heterocycles. The number of aliphatic carboxylic acids is 1. The second kappa shape index (κ2) is 4.54. The van der Waals surface area contributed by atoms with Crippen LogP contribution >= 0.6 is 0 Å². The van der Waals surface area contributed by atoms with E-state index in [-0.39, 0.29) is 5.56 Å². The fraction of sp³-hybridized carbons (Fsp3) is 0.300. The van der Waals surface area contributed by atoms with Gasteiger partial charge in [-0.1, -0.05) is 6.07 Å². The monoisotopic (exact) mass is 247 g/mol. The predicted octanol–water partition coefficient (Wildman–Crippen LogP) is 0.688. The molecule has 5 N–H and O–H groups in total. The maximum atomic E-state index is 12.6. The smallest absolute Gasteiger partial charge is 0.330 e. The molecule has 0 aromatic heterocycles. The molecule has 0 radical (unpaired) electrons. The average Bonchev–Trinajstić information content (AvgIpc) is 2.22. The van der Waals surface area contributed by atoms with Gasteiger partial charge in [0, 0.05) is 6.42 Å². The van der Waals surface area contributed by atoms with Gasteiger partial charge in [0.25, 0.3) is 6.43 Å². The number of hydrogen-bond acceptors (Lipinski definition) is 4. The zero-order valence-electron chi connectivity index (χ0n) is 8.60. The molecule has 7 heteroatoms. The molecule has 17 heavy (non-hydrogen) atoms. The molecule has 1 aromatic rings. The molecule has 1 atom stereocenters. The number of hydrogen-bond donors (Lipinski definition) is 4. The molecule has 0 fully saturated rings. The van der Waals surface area contributed by atoms with Gasteiger partial charge in [0.05, 0.1) is 0 Å². The number of alkyl halides is 2. The van der Waals surface area contributed by atoms with Gasteiger partial charge < -0.3 is 21.1 Å². The molecule has 1 rings (SSSR count). The Kier molecular flexibility index (Phi) is 3.52. The summed E-state index contributed by atoms with van der Waals surface area (Å²) in [6.07, 6.45) is -3.91. The SMILES string of the molecule is N[C@@](Cc1ccc(O)c(O)c1)(C(=O)O)C(F)F. The van der Waals surface area contributed by atoms with E-state index < -0.39 is 35.9 Å². The van der Waals surface area contributed by atoms with Crippen molar-refractivity contribution in [2.75, 3.05) is 0 Å². The third kappa shape index (κ3) is 2.62. The number of carbonyl (C=O) groups is 1. The third-order valence-electron chi connectivity index (χ3n) is 2.32. The van der Waals surface area contributed by atoms with Crippen molar-refractivity contribution in [2.24, 2.45) is 5.73 Å². The van der Waals surface area contributed by atoms with Gasteiger partial charge in [-0.05, 0) is 17.7 Å². The van der Waals surface area contributed by atoms with Crippen molar-refractivity contribution < 1.29 is 28.9 Å². The predicted molar refractivity (Wildman–Crippen MR) is 54.0 cm³/mol. The number of nitrogens with two attached hydrogens (primary N) is 1. The summed E-state index contributed by atoms with van der Waals surface area (Å²) in [5.74, 6) is -2.78. The fourth-order valence-electron chi connectivity index (χ4n) is 1.26. The van der Waals surface area contributed by atoms with E-state index >= 15 is 0 Å². The molecule has 0 spiro atoms. The molecule has 0 amide bonds. The van der Waals surface area contributed by atoms with Crippen molar-refractivity contribution in [1.29, 1.82) is 0 Å². The summed E-state index contributed by atoms with van der Waals surface area (Å²) in [5.41, 5.74) is 2.48. The van der Waals surface area contributed by atoms with E-state index in [0.717, 1.165) is 12.1 Å². The van der Waals surface area contributed by atoms with E-state index in [1.165, 1.54) is 6.07 Å². The second-order valence-corrected chi connectivity index (χ2v) is 3.65. The molecule has 0 heterocycles. The first-order valence-electron chi connectivity index (χ1n) is 4.58. The van der Waals surface area contributed by atoms with Crippen LogP contribution in [0.5, 0.6) is 11.5 Å². The van der Waals surface area contributed by atoms with Gasteiger partial charge in [-0.3, -0.25) is 0 Å². The molecule has 0 bridgehead atoms. The van der Waals surface area contributed by atoms with Crippen LogP contribution in [0.2, 0.25) is 0 Å². The Morgan fingerprint density at radius 1 is 1.35 bits per heavy atom. The highest BCUT2D eigenvalue weighted by atomic mass is 19.3. The normalized spacial score (nSPS) is 14.6. The lowest BCUT2D eigenvalue weighted by Crippen LogP contribution is -2.55. The van der Waals surface area contributed by atoms with Crippen LogP contribution in [0, 0.1) is 0 Å². The van der Waals surface area contributed by atoms with Gasteiger partial charge in [0.15, 0.2) is 17.0 Å². The Morgan fingerprint density at radius 2 is 1.94 bits per heavy atom. The van der Waals surface area contributed by atoms with Crippen LogP contribution in [-0.4, -0.2) is 33.3 Å². The number of rotatable bonds is 4. The highest BCUT2D eigenvalue weighted by molar-refractivity contribution is 5.79. The van der Waals surface area contributed by atoms with E-state index in [1.807, 2.05) is 0 Å². The lowest BCUT2D eigenvalue weighted by molar-refractivity contribution is -0.149. The molecule has 94 valence electrons. The van der Waals surface area contributed by atoms with Crippen molar-refractivity contribution in [3.05, 3.63) is 23.8 Å². The van der Waals surface area contributed by atoms with Crippen LogP contribution in [0.25, 0.3) is 0 Å². The Bertz CT molecular complexity index is 438. The summed E-state index contributed by atoms with van der Waals surface area (Å²) in [6, 6.07) is 3.27. The lowest BCUT2D eigenvalue weighted by atomic mass is 9.92. The summed E-state index contributed by atoms with van der Waals surface area (Å²) in [7, 11) is 0. The maximum Gasteiger partial charge on any atom is 0.330 e. The maximum absolute atomic E-state index is 12.6. The van der Waals surface area contributed by atoms with E-state index in [1.54, 1.807) is 0 Å². The minimum atomic E-state index is -3.25. The van der Waals surface area contributed by atoms with Crippen molar-refractivity contribution in [1.82, 2.24) is 0 Å². The Balaban J connectivity index is 3.02. The molecule has 5 nitrogen and oxygen atoms in total. The first kappa shape index (κ1) is 13.2. The van der Waals surface area contributed by atoms with Gasteiger partial charge in [-0.25, -0.2) is 13.6 Å². The van der Waals surface area contributed by atoms with Crippen LogP contribution in [0.1, 0.15) is 5.56 Å². The summed E-state index contributed by atoms with van der Waals surface area (Å²) < 4.78 is 25.2. The summed E-state index contributed by atoms with van der Waals surface area (Å²) in [4.78, 5) is 10.7. The van der Waals surface area contributed by atoms with E-state index in [0.29, 0.717) is 0 Å². The number of phenols is 2. The van der Waals surface area contributed by atoms with Gasteiger partial charge in [0.2, 0.25) is 0 Å². The van der Waals surface area contributed by atoms with Gasteiger partial charge in [-0.15, -0.1) is 0 Å². The molecular weight excluding hydrogens is 236 g/mol. The topological polar surface area (TPSA) is 104 Å². The highest BCUT2D eigenvalue weighted by Crippen LogP contribution is 2.27. The zero-order chi connectivity index (χ0) is 13.2. The van der Waals surface area contributed by atoms with Gasteiger partial charge in [-0.2, -0.15) is 0 Å². The summed E-state index contributed by atoms with van der Waals surface area (Å²) >= 11 is 0. The van der Waals surface area contributed by atoms with Crippen LogP contribution in [0.4, 0.5) is 8.78 Å². The van der Waals surface area contributed by atoms with E-state index in [4.69, 9.17) is 21.1 Å². The number of aromatic hydroxyl groups is 2. The Labute approximate surface area is 95.1 Å². The molecule has 0 saturated heterocycles. The fourth-order valence-corrected chi connectivity index (χ4v) is 1.26. The standard InChI is InChI=1S/C10H11F2NO4/c11-8(12)10(13,9(16)17)4-5-1-2-6(14)7(15)3-5/h1-3,8,14-15H,4,13H2,(H,16,17)/t10-/m1/s1. The number of halogens is 2. The number of carboxylic acid groups (broad SMARTS) is 1.